The fraction of sp³-hybridized carbons (Fsp3) is 0.824. The summed E-state index contributed by atoms with van der Waals surface area (Å²) in [5, 5.41) is 12.3. The van der Waals surface area contributed by atoms with Crippen molar-refractivity contribution in [3.63, 3.8) is 0 Å². The Hall–Kier alpha value is -0.860. The summed E-state index contributed by atoms with van der Waals surface area (Å²) < 4.78 is 2.31. The largest absolute Gasteiger partial charge is 0.349 e. The fourth-order valence-corrected chi connectivity index (χ4v) is 4.37. The van der Waals surface area contributed by atoms with E-state index in [0.29, 0.717) is 5.41 Å². The third-order valence-corrected chi connectivity index (χ3v) is 5.95. The van der Waals surface area contributed by atoms with Crippen LogP contribution in [-0.2, 0) is 19.5 Å². The summed E-state index contributed by atoms with van der Waals surface area (Å²) >= 11 is 0. The average Bonchev–Trinajstić information content (AvgIpc) is 3.07. The molecule has 0 bridgehead atoms. The Kier molecular flexibility index (Phi) is 5.66. The van der Waals surface area contributed by atoms with Gasteiger partial charge in [0, 0.05) is 33.1 Å². The van der Waals surface area contributed by atoms with Crippen molar-refractivity contribution in [1.82, 2.24) is 25.0 Å². The predicted octanol–water partition coefficient (Wildman–Crippen LogP) is 2.57. The zero-order chi connectivity index (χ0) is 15.7. The minimum absolute atomic E-state index is 0. The Morgan fingerprint density at radius 1 is 1.12 bits per heavy atom. The normalized spacial score (nSPS) is 22.5. The highest BCUT2D eigenvalue weighted by molar-refractivity contribution is 14.0. The molecule has 1 saturated carbocycles. The second-order valence-electron chi connectivity index (χ2n) is 7.42. The Morgan fingerprint density at radius 2 is 2.00 bits per heavy atom. The molecule has 1 spiro atoms. The highest BCUT2D eigenvalue weighted by Crippen LogP contribution is 2.47. The SMILES string of the molecule is CN=C(NCc1nnc2n1CCCCC2)N1CCC2(CCC2)C1.I. The lowest BCUT2D eigenvalue weighted by atomic mass is 9.68. The van der Waals surface area contributed by atoms with E-state index >= 15 is 0 Å². The van der Waals surface area contributed by atoms with Gasteiger partial charge < -0.3 is 14.8 Å². The summed E-state index contributed by atoms with van der Waals surface area (Å²) in [6.45, 7) is 4.09. The lowest BCUT2D eigenvalue weighted by molar-refractivity contribution is 0.151. The summed E-state index contributed by atoms with van der Waals surface area (Å²) in [6, 6.07) is 0. The molecule has 3 heterocycles. The lowest BCUT2D eigenvalue weighted by Crippen LogP contribution is -2.42. The molecule has 7 heteroatoms. The maximum Gasteiger partial charge on any atom is 0.194 e. The monoisotopic (exact) mass is 444 g/mol. The van der Waals surface area contributed by atoms with Crippen molar-refractivity contribution in [2.24, 2.45) is 10.4 Å². The van der Waals surface area contributed by atoms with Gasteiger partial charge in [0.2, 0.25) is 0 Å². The molecule has 1 aromatic rings. The highest BCUT2D eigenvalue weighted by Gasteiger charge is 2.43. The number of aliphatic imine (C=N–C) groups is 1. The minimum atomic E-state index is 0. The van der Waals surface area contributed by atoms with E-state index in [1.54, 1.807) is 0 Å². The Labute approximate surface area is 161 Å². The van der Waals surface area contributed by atoms with Gasteiger partial charge >= 0.3 is 0 Å². The van der Waals surface area contributed by atoms with Crippen molar-refractivity contribution in [2.75, 3.05) is 20.1 Å². The number of likely N-dealkylation sites (tertiary alicyclic amines) is 1. The molecule has 4 rings (SSSR count). The number of hydrogen-bond acceptors (Lipinski definition) is 3. The van der Waals surface area contributed by atoms with Gasteiger partial charge in [-0.1, -0.05) is 12.8 Å². The van der Waals surface area contributed by atoms with Crippen LogP contribution in [0.5, 0.6) is 0 Å². The number of halogens is 1. The second kappa shape index (κ2) is 7.58. The first-order valence-electron chi connectivity index (χ1n) is 9.16. The molecule has 0 unspecified atom stereocenters. The molecule has 2 aliphatic heterocycles. The third-order valence-electron chi connectivity index (χ3n) is 5.95. The van der Waals surface area contributed by atoms with E-state index in [1.807, 2.05) is 7.05 Å². The minimum Gasteiger partial charge on any atom is -0.349 e. The summed E-state index contributed by atoms with van der Waals surface area (Å²) in [5.74, 6) is 3.24. The van der Waals surface area contributed by atoms with Crippen LogP contribution in [0.25, 0.3) is 0 Å². The Balaban J connectivity index is 0.00000169. The molecule has 1 N–H and O–H groups in total. The topological polar surface area (TPSA) is 58.3 Å². The van der Waals surface area contributed by atoms with Gasteiger partial charge in [0.25, 0.3) is 0 Å². The third kappa shape index (κ3) is 3.41. The van der Waals surface area contributed by atoms with Crippen LogP contribution in [-0.4, -0.2) is 45.8 Å². The number of aryl methyl sites for hydroxylation is 1. The molecule has 24 heavy (non-hydrogen) atoms. The van der Waals surface area contributed by atoms with Crippen molar-refractivity contribution in [3.8, 4) is 0 Å². The van der Waals surface area contributed by atoms with Crippen LogP contribution in [0.3, 0.4) is 0 Å². The smallest absolute Gasteiger partial charge is 0.194 e. The second-order valence-corrected chi connectivity index (χ2v) is 7.42. The van der Waals surface area contributed by atoms with E-state index in [2.05, 4.69) is 30.0 Å². The lowest BCUT2D eigenvalue weighted by Gasteiger charge is -2.38. The van der Waals surface area contributed by atoms with E-state index < -0.39 is 0 Å². The van der Waals surface area contributed by atoms with Gasteiger partial charge in [-0.2, -0.15) is 0 Å². The fourth-order valence-electron chi connectivity index (χ4n) is 4.37. The average molecular weight is 444 g/mol. The van der Waals surface area contributed by atoms with E-state index in [9.17, 15) is 0 Å². The van der Waals surface area contributed by atoms with Crippen LogP contribution in [0.2, 0.25) is 0 Å². The maximum atomic E-state index is 4.50. The quantitative estimate of drug-likeness (QED) is 0.433. The van der Waals surface area contributed by atoms with E-state index in [4.69, 9.17) is 0 Å². The van der Waals surface area contributed by atoms with Crippen molar-refractivity contribution in [3.05, 3.63) is 11.6 Å². The van der Waals surface area contributed by atoms with Crippen LogP contribution >= 0.6 is 24.0 Å². The summed E-state index contributed by atoms with van der Waals surface area (Å²) in [5.41, 5.74) is 0.601. The molecule has 0 radical (unpaired) electrons. The van der Waals surface area contributed by atoms with Gasteiger partial charge in [0.1, 0.15) is 5.82 Å². The van der Waals surface area contributed by atoms with Crippen LogP contribution in [0.15, 0.2) is 4.99 Å². The summed E-state index contributed by atoms with van der Waals surface area (Å²) in [6.07, 6.45) is 10.4. The van der Waals surface area contributed by atoms with Gasteiger partial charge in [-0.05, 0) is 37.5 Å². The molecule has 1 saturated heterocycles. The van der Waals surface area contributed by atoms with Gasteiger partial charge in [0.15, 0.2) is 11.8 Å². The number of rotatable bonds is 2. The Morgan fingerprint density at radius 3 is 2.71 bits per heavy atom. The number of fused-ring (bicyclic) bond motifs is 1. The standard InChI is InChI=1S/C17H28N6.HI/c1-18-16(22-11-9-17(13-22)7-5-8-17)19-12-15-21-20-14-6-3-2-4-10-23(14)15;/h2-13H2,1H3,(H,18,19);1H. The summed E-state index contributed by atoms with van der Waals surface area (Å²) in [4.78, 5) is 6.93. The predicted molar refractivity (Wildman–Crippen MR) is 106 cm³/mol. The van der Waals surface area contributed by atoms with E-state index in [1.165, 1.54) is 51.5 Å². The van der Waals surface area contributed by atoms with Gasteiger partial charge in [-0.15, -0.1) is 34.2 Å². The van der Waals surface area contributed by atoms with Crippen LogP contribution in [0, 0.1) is 5.41 Å². The Bertz CT molecular complexity index is 592. The highest BCUT2D eigenvalue weighted by atomic mass is 127. The van der Waals surface area contributed by atoms with Crippen molar-refractivity contribution in [2.45, 2.75) is 64.5 Å². The van der Waals surface area contributed by atoms with E-state index in [-0.39, 0.29) is 24.0 Å². The molecule has 2 fully saturated rings. The zero-order valence-electron chi connectivity index (χ0n) is 14.6. The molecule has 1 aliphatic carbocycles. The number of hydrogen-bond donors (Lipinski definition) is 1. The van der Waals surface area contributed by atoms with Gasteiger partial charge in [0.05, 0.1) is 6.54 Å². The number of nitrogens with one attached hydrogen (secondary N) is 1. The molecule has 0 amide bonds. The molecule has 1 aromatic heterocycles. The molecule has 6 nitrogen and oxygen atoms in total. The van der Waals surface area contributed by atoms with Crippen LogP contribution in [0.4, 0.5) is 0 Å². The first-order chi connectivity index (χ1) is 11.3. The number of aromatic nitrogens is 3. The van der Waals surface area contributed by atoms with Crippen LogP contribution < -0.4 is 5.32 Å². The first-order valence-corrected chi connectivity index (χ1v) is 9.16. The zero-order valence-corrected chi connectivity index (χ0v) is 17.0. The molecule has 0 atom stereocenters. The molecular weight excluding hydrogens is 415 g/mol. The molecule has 134 valence electrons. The molecule has 3 aliphatic rings. The maximum absolute atomic E-state index is 4.50. The first kappa shape index (κ1) is 17.9. The number of guanidine groups is 1. The van der Waals surface area contributed by atoms with Crippen molar-refractivity contribution >= 4 is 29.9 Å². The molecular formula is C17H29IN6. The van der Waals surface area contributed by atoms with Gasteiger partial charge in [-0.25, -0.2) is 0 Å². The number of nitrogens with zero attached hydrogens (tertiary/aromatic N) is 5. The van der Waals surface area contributed by atoms with Gasteiger partial charge in [-0.3, -0.25) is 4.99 Å². The van der Waals surface area contributed by atoms with E-state index in [0.717, 1.165) is 43.7 Å². The summed E-state index contributed by atoms with van der Waals surface area (Å²) in [7, 11) is 1.89. The molecule has 0 aromatic carbocycles. The van der Waals surface area contributed by atoms with Crippen molar-refractivity contribution in [1.29, 1.82) is 0 Å². The van der Waals surface area contributed by atoms with Crippen molar-refractivity contribution < 1.29 is 0 Å². The van der Waals surface area contributed by atoms with Crippen LogP contribution in [0.1, 0.15) is 56.6 Å².